The van der Waals surface area contributed by atoms with Gasteiger partial charge in [0, 0.05) is 19.6 Å². The number of likely N-dealkylation sites (tertiary alicyclic amines) is 2. The van der Waals surface area contributed by atoms with E-state index in [9.17, 15) is 19.5 Å². The quantitative estimate of drug-likeness (QED) is 0.593. The molecule has 2 fully saturated rings. The third kappa shape index (κ3) is 2.14. The molecule has 2 atom stereocenters. The van der Waals surface area contributed by atoms with Crippen LogP contribution in [0.15, 0.2) is 12.7 Å². The molecule has 6 nitrogen and oxygen atoms in total. The monoisotopic (exact) mass is 280 g/mol. The third-order valence-electron chi connectivity index (χ3n) is 4.26. The Balaban J connectivity index is 2.07. The van der Waals surface area contributed by atoms with E-state index in [0.717, 1.165) is 6.08 Å². The number of aliphatic carboxylic acids is 1. The predicted molar refractivity (Wildman–Crippen MR) is 71.8 cm³/mol. The van der Waals surface area contributed by atoms with Crippen LogP contribution in [-0.4, -0.2) is 58.4 Å². The van der Waals surface area contributed by atoms with Crippen molar-refractivity contribution < 1.29 is 19.5 Å². The first kappa shape index (κ1) is 14.7. The fourth-order valence-electron chi connectivity index (χ4n) is 3.23. The van der Waals surface area contributed by atoms with Gasteiger partial charge in [0.05, 0.1) is 5.41 Å². The fourth-order valence-corrected chi connectivity index (χ4v) is 3.23. The Bertz CT molecular complexity index is 474. The number of nitrogens with zero attached hydrogens (tertiary/aromatic N) is 2. The molecule has 0 bridgehead atoms. The van der Waals surface area contributed by atoms with Crippen LogP contribution in [0.3, 0.4) is 0 Å². The van der Waals surface area contributed by atoms with Crippen molar-refractivity contribution in [1.82, 2.24) is 9.80 Å². The van der Waals surface area contributed by atoms with E-state index in [1.807, 2.05) is 18.7 Å². The summed E-state index contributed by atoms with van der Waals surface area (Å²) in [7, 11) is 0. The van der Waals surface area contributed by atoms with Crippen LogP contribution in [-0.2, 0) is 14.4 Å². The number of amides is 2. The average molecular weight is 280 g/mol. The highest BCUT2D eigenvalue weighted by molar-refractivity contribution is 6.07. The molecule has 2 amide bonds. The van der Waals surface area contributed by atoms with Crippen molar-refractivity contribution in [3.8, 4) is 0 Å². The Kier molecular flexibility index (Phi) is 3.69. The summed E-state index contributed by atoms with van der Waals surface area (Å²) in [5.41, 5.74) is -0.568. The second-order valence-corrected chi connectivity index (χ2v) is 5.96. The summed E-state index contributed by atoms with van der Waals surface area (Å²) in [4.78, 5) is 38.0. The van der Waals surface area contributed by atoms with Gasteiger partial charge < -0.3 is 5.11 Å². The van der Waals surface area contributed by atoms with E-state index in [1.54, 1.807) is 0 Å². The number of imide groups is 1. The first-order chi connectivity index (χ1) is 9.32. The number of hydrogen-bond acceptors (Lipinski definition) is 4. The maximum Gasteiger partial charge on any atom is 0.321 e. The zero-order chi connectivity index (χ0) is 15.1. The van der Waals surface area contributed by atoms with Gasteiger partial charge in [0.1, 0.15) is 6.04 Å². The van der Waals surface area contributed by atoms with E-state index >= 15 is 0 Å². The molecule has 0 aromatic carbocycles. The molecule has 2 unspecified atom stereocenters. The normalized spacial score (nSPS) is 27.8. The third-order valence-corrected chi connectivity index (χ3v) is 4.26. The largest absolute Gasteiger partial charge is 0.480 e. The van der Waals surface area contributed by atoms with E-state index in [2.05, 4.69) is 6.58 Å². The lowest BCUT2D eigenvalue weighted by Crippen LogP contribution is -2.64. The molecular weight excluding hydrogens is 260 g/mol. The molecule has 2 aliphatic rings. The van der Waals surface area contributed by atoms with Gasteiger partial charge in [-0.3, -0.25) is 24.2 Å². The Morgan fingerprint density at radius 3 is 2.50 bits per heavy atom. The zero-order valence-electron chi connectivity index (χ0n) is 11.8. The Hall–Kier alpha value is -1.69. The van der Waals surface area contributed by atoms with Gasteiger partial charge in [-0.2, -0.15) is 0 Å². The van der Waals surface area contributed by atoms with Crippen molar-refractivity contribution in [3.05, 3.63) is 12.7 Å². The molecule has 0 radical (unpaired) electrons. The molecule has 110 valence electrons. The maximum absolute atomic E-state index is 12.2. The van der Waals surface area contributed by atoms with Crippen LogP contribution in [0.25, 0.3) is 0 Å². The average Bonchev–Trinajstić information content (AvgIpc) is 2.81. The molecule has 0 aromatic heterocycles. The topological polar surface area (TPSA) is 77.9 Å². The van der Waals surface area contributed by atoms with Crippen molar-refractivity contribution in [1.29, 1.82) is 0 Å². The van der Waals surface area contributed by atoms with Crippen molar-refractivity contribution in [3.63, 3.8) is 0 Å². The lowest BCUT2D eigenvalue weighted by molar-refractivity contribution is -0.166. The summed E-state index contributed by atoms with van der Waals surface area (Å²) in [6, 6.07) is -0.577. The van der Waals surface area contributed by atoms with E-state index in [1.165, 1.54) is 4.90 Å². The van der Waals surface area contributed by atoms with Crippen molar-refractivity contribution in [2.45, 2.75) is 26.3 Å². The van der Waals surface area contributed by atoms with Crippen LogP contribution in [0.5, 0.6) is 0 Å². The van der Waals surface area contributed by atoms with Gasteiger partial charge in [-0.05, 0) is 18.4 Å². The number of carbonyl (C=O) groups excluding carboxylic acids is 2. The highest BCUT2D eigenvalue weighted by atomic mass is 16.4. The number of carboxylic acid groups (broad SMARTS) is 1. The molecule has 2 aliphatic heterocycles. The van der Waals surface area contributed by atoms with Gasteiger partial charge in [0.15, 0.2) is 0 Å². The molecule has 2 rings (SSSR count). The van der Waals surface area contributed by atoms with Gasteiger partial charge in [-0.1, -0.05) is 20.4 Å². The minimum atomic E-state index is -0.858. The van der Waals surface area contributed by atoms with Crippen molar-refractivity contribution >= 4 is 17.8 Å². The van der Waals surface area contributed by atoms with Gasteiger partial charge in [-0.15, -0.1) is 0 Å². The SMILES string of the molecule is C=CC(=O)N1CC2(CCN(C(C(=O)O)C(C)C)C2)C1=O. The number of carbonyl (C=O) groups is 3. The van der Waals surface area contributed by atoms with Crippen LogP contribution in [0.2, 0.25) is 0 Å². The summed E-state index contributed by atoms with van der Waals surface area (Å²) >= 11 is 0. The summed E-state index contributed by atoms with van der Waals surface area (Å²) in [5, 5.41) is 9.30. The minimum absolute atomic E-state index is 0.0243. The van der Waals surface area contributed by atoms with Crippen molar-refractivity contribution in [2.24, 2.45) is 11.3 Å². The smallest absolute Gasteiger partial charge is 0.321 e. The van der Waals surface area contributed by atoms with Crippen LogP contribution in [0.4, 0.5) is 0 Å². The fraction of sp³-hybridized carbons (Fsp3) is 0.643. The first-order valence-electron chi connectivity index (χ1n) is 6.77. The Labute approximate surface area is 118 Å². The van der Waals surface area contributed by atoms with Crippen LogP contribution in [0, 0.1) is 11.3 Å². The van der Waals surface area contributed by atoms with E-state index < -0.39 is 17.4 Å². The number of carboxylic acids is 1. The highest BCUT2D eigenvalue weighted by Gasteiger charge is 2.58. The van der Waals surface area contributed by atoms with E-state index in [0.29, 0.717) is 26.1 Å². The van der Waals surface area contributed by atoms with Gasteiger partial charge in [-0.25, -0.2) is 0 Å². The molecule has 1 spiro atoms. The lowest BCUT2D eigenvalue weighted by atomic mass is 9.77. The standard InChI is InChI=1S/C14H20N2O4/c1-4-10(17)16-8-14(13(16)20)5-6-15(7-14)11(9(2)3)12(18)19/h4,9,11H,1,5-8H2,2-3H3,(H,18,19). The predicted octanol–water partition coefficient (Wildman–Crippen LogP) is 0.343. The Morgan fingerprint density at radius 1 is 1.40 bits per heavy atom. The van der Waals surface area contributed by atoms with Crippen LogP contribution in [0.1, 0.15) is 20.3 Å². The zero-order valence-corrected chi connectivity index (χ0v) is 11.8. The minimum Gasteiger partial charge on any atom is -0.480 e. The molecule has 1 N–H and O–H groups in total. The molecule has 6 heteroatoms. The van der Waals surface area contributed by atoms with Crippen molar-refractivity contribution in [2.75, 3.05) is 19.6 Å². The van der Waals surface area contributed by atoms with Crippen LogP contribution >= 0.6 is 0 Å². The van der Waals surface area contributed by atoms with Crippen LogP contribution < -0.4 is 0 Å². The lowest BCUT2D eigenvalue weighted by Gasteiger charge is -2.45. The molecular formula is C14H20N2O4. The van der Waals surface area contributed by atoms with Gasteiger partial charge in [0.25, 0.3) is 5.91 Å². The first-order valence-corrected chi connectivity index (χ1v) is 6.77. The molecule has 0 aromatic rings. The molecule has 2 saturated heterocycles. The Morgan fingerprint density at radius 2 is 2.05 bits per heavy atom. The number of rotatable bonds is 4. The molecule has 2 heterocycles. The summed E-state index contributed by atoms with van der Waals surface area (Å²) in [6.45, 7) is 8.46. The second kappa shape index (κ2) is 5.01. The van der Waals surface area contributed by atoms with Gasteiger partial charge >= 0.3 is 5.97 Å². The maximum atomic E-state index is 12.2. The molecule has 0 aliphatic carbocycles. The van der Waals surface area contributed by atoms with Gasteiger partial charge in [0.2, 0.25) is 5.91 Å². The summed E-state index contributed by atoms with van der Waals surface area (Å²) < 4.78 is 0. The number of hydrogen-bond donors (Lipinski definition) is 1. The second-order valence-electron chi connectivity index (χ2n) is 5.96. The highest BCUT2D eigenvalue weighted by Crippen LogP contribution is 2.42. The van der Waals surface area contributed by atoms with E-state index in [-0.39, 0.29) is 17.7 Å². The summed E-state index contributed by atoms with van der Waals surface area (Å²) in [5.74, 6) is -1.46. The van der Waals surface area contributed by atoms with E-state index in [4.69, 9.17) is 0 Å². The summed E-state index contributed by atoms with van der Waals surface area (Å²) in [6.07, 6.45) is 1.74. The molecule has 20 heavy (non-hydrogen) atoms. The molecule has 0 saturated carbocycles. The number of β-lactam (4-membered cyclic amide) rings is 1.